The van der Waals surface area contributed by atoms with Gasteiger partial charge < -0.3 is 10.0 Å². The number of fused-ring (bicyclic) bond motifs is 1. The van der Waals surface area contributed by atoms with Gasteiger partial charge in [0, 0.05) is 19.1 Å². The fourth-order valence-corrected chi connectivity index (χ4v) is 3.74. The molecule has 0 spiro atoms. The zero-order valence-electron chi connectivity index (χ0n) is 13.1. The van der Waals surface area contributed by atoms with E-state index in [2.05, 4.69) is 4.90 Å². The molecule has 2 rings (SSSR count). The third kappa shape index (κ3) is 4.19. The van der Waals surface area contributed by atoms with E-state index in [1.54, 1.807) is 6.92 Å². The lowest BCUT2D eigenvalue weighted by Crippen LogP contribution is -2.52. The Hall–Kier alpha value is -0.610. The fraction of sp³-hybridized carbons (Fsp3) is 0.938. The van der Waals surface area contributed by atoms with E-state index >= 15 is 0 Å². The molecule has 0 aromatic heterocycles. The summed E-state index contributed by atoms with van der Waals surface area (Å²) >= 11 is 0. The summed E-state index contributed by atoms with van der Waals surface area (Å²) in [6, 6.07) is 0.509. The minimum Gasteiger partial charge on any atom is -0.393 e. The van der Waals surface area contributed by atoms with Gasteiger partial charge in [0.2, 0.25) is 5.91 Å². The van der Waals surface area contributed by atoms with Crippen LogP contribution in [0.3, 0.4) is 0 Å². The van der Waals surface area contributed by atoms with Gasteiger partial charge in [-0.25, -0.2) is 0 Å². The van der Waals surface area contributed by atoms with Crippen LogP contribution in [-0.2, 0) is 4.79 Å². The normalized spacial score (nSPS) is 28.3. The highest BCUT2D eigenvalue weighted by Gasteiger charge is 2.35. The Morgan fingerprint density at radius 3 is 2.75 bits per heavy atom. The van der Waals surface area contributed by atoms with Crippen LogP contribution >= 0.6 is 0 Å². The zero-order chi connectivity index (χ0) is 14.5. The molecule has 1 heterocycles. The number of piperidine rings is 1. The lowest BCUT2D eigenvalue weighted by Gasteiger charge is -2.44. The van der Waals surface area contributed by atoms with Crippen LogP contribution in [0.2, 0.25) is 0 Å². The van der Waals surface area contributed by atoms with E-state index in [0.29, 0.717) is 12.6 Å². The van der Waals surface area contributed by atoms with Crippen LogP contribution in [0, 0.1) is 5.92 Å². The largest absolute Gasteiger partial charge is 0.393 e. The Balaban J connectivity index is 1.84. The maximum Gasteiger partial charge on any atom is 0.236 e. The number of likely N-dealkylation sites (N-methyl/N-ethyl adjacent to an activating group) is 1. The number of hydrogen-bond acceptors (Lipinski definition) is 3. The first kappa shape index (κ1) is 15.8. The van der Waals surface area contributed by atoms with Gasteiger partial charge in [0.25, 0.3) is 0 Å². The third-order valence-electron chi connectivity index (χ3n) is 4.90. The molecule has 0 bridgehead atoms. The molecule has 1 aliphatic carbocycles. The average Bonchev–Trinajstić information content (AvgIpc) is 2.44. The van der Waals surface area contributed by atoms with Crippen LogP contribution in [0.1, 0.15) is 51.9 Å². The highest BCUT2D eigenvalue weighted by molar-refractivity contribution is 5.78. The molecular weight excluding hydrogens is 252 g/mol. The van der Waals surface area contributed by atoms with E-state index in [1.165, 1.54) is 38.5 Å². The van der Waals surface area contributed by atoms with Gasteiger partial charge in [-0.15, -0.1) is 0 Å². The molecule has 1 saturated heterocycles. The molecule has 3 atom stereocenters. The van der Waals surface area contributed by atoms with Gasteiger partial charge in [-0.2, -0.15) is 0 Å². The van der Waals surface area contributed by atoms with Crippen molar-refractivity contribution in [3.8, 4) is 0 Å². The number of nitrogens with zero attached hydrogens (tertiary/aromatic N) is 2. The van der Waals surface area contributed by atoms with Crippen molar-refractivity contribution in [2.75, 3.05) is 26.7 Å². The third-order valence-corrected chi connectivity index (χ3v) is 4.90. The summed E-state index contributed by atoms with van der Waals surface area (Å²) in [4.78, 5) is 16.7. The number of aliphatic hydroxyl groups excluding tert-OH is 1. The van der Waals surface area contributed by atoms with E-state index in [9.17, 15) is 9.90 Å². The number of rotatable bonds is 5. The molecule has 2 aliphatic rings. The Morgan fingerprint density at radius 1 is 1.30 bits per heavy atom. The van der Waals surface area contributed by atoms with Crippen molar-refractivity contribution >= 4 is 5.91 Å². The van der Waals surface area contributed by atoms with Crippen LogP contribution in [0.4, 0.5) is 0 Å². The molecule has 0 aromatic rings. The topological polar surface area (TPSA) is 43.8 Å². The van der Waals surface area contributed by atoms with Crippen molar-refractivity contribution in [3.63, 3.8) is 0 Å². The number of likely N-dealkylation sites (tertiary alicyclic amines) is 1. The summed E-state index contributed by atoms with van der Waals surface area (Å²) in [5.74, 6) is 1.04. The molecule has 1 aliphatic heterocycles. The van der Waals surface area contributed by atoms with Gasteiger partial charge in [-0.1, -0.05) is 12.8 Å². The summed E-state index contributed by atoms with van der Waals surface area (Å²) in [6.45, 7) is 4.03. The van der Waals surface area contributed by atoms with Crippen LogP contribution in [0.5, 0.6) is 0 Å². The minimum absolute atomic E-state index is 0.287. The SMILES string of the molecule is CC(O)CCN(C)CC(=O)N1CCCC2CCCCC21. The molecule has 0 radical (unpaired) electrons. The second-order valence-corrected chi connectivity index (χ2v) is 6.72. The molecule has 4 nitrogen and oxygen atoms in total. The van der Waals surface area contributed by atoms with Crippen LogP contribution < -0.4 is 0 Å². The van der Waals surface area contributed by atoms with Crippen molar-refractivity contribution in [1.82, 2.24) is 9.80 Å². The van der Waals surface area contributed by atoms with Gasteiger partial charge in [-0.3, -0.25) is 9.69 Å². The molecule has 1 saturated carbocycles. The van der Waals surface area contributed by atoms with Gasteiger partial charge in [-0.05, 0) is 52.0 Å². The van der Waals surface area contributed by atoms with E-state index in [-0.39, 0.29) is 12.0 Å². The minimum atomic E-state index is -0.287. The molecule has 2 fully saturated rings. The number of carbonyl (C=O) groups excluding carboxylic acids is 1. The lowest BCUT2D eigenvalue weighted by molar-refractivity contribution is -0.138. The van der Waals surface area contributed by atoms with Crippen molar-refractivity contribution in [1.29, 1.82) is 0 Å². The van der Waals surface area contributed by atoms with Crippen LogP contribution in [0.25, 0.3) is 0 Å². The molecular formula is C16H30N2O2. The highest BCUT2D eigenvalue weighted by atomic mass is 16.3. The number of hydrogen-bond donors (Lipinski definition) is 1. The second-order valence-electron chi connectivity index (χ2n) is 6.72. The van der Waals surface area contributed by atoms with Gasteiger partial charge >= 0.3 is 0 Å². The summed E-state index contributed by atoms with van der Waals surface area (Å²) in [5, 5.41) is 9.32. The first-order chi connectivity index (χ1) is 9.58. The molecule has 0 aromatic carbocycles. The standard InChI is InChI=1S/C16H30N2O2/c1-13(19)9-11-17(2)12-16(20)18-10-5-7-14-6-3-4-8-15(14)18/h13-15,19H,3-12H2,1-2H3. The maximum atomic E-state index is 12.5. The van der Waals surface area contributed by atoms with Crippen molar-refractivity contribution in [2.24, 2.45) is 5.92 Å². The summed E-state index contributed by atoms with van der Waals surface area (Å²) in [7, 11) is 1.97. The molecule has 1 N–H and O–H groups in total. The van der Waals surface area contributed by atoms with E-state index in [4.69, 9.17) is 0 Å². The lowest BCUT2D eigenvalue weighted by atomic mass is 9.78. The maximum absolute atomic E-state index is 12.5. The van der Waals surface area contributed by atoms with Crippen molar-refractivity contribution in [3.05, 3.63) is 0 Å². The van der Waals surface area contributed by atoms with Gasteiger partial charge in [0.15, 0.2) is 0 Å². The first-order valence-corrected chi connectivity index (χ1v) is 8.24. The fourth-order valence-electron chi connectivity index (χ4n) is 3.74. The first-order valence-electron chi connectivity index (χ1n) is 8.24. The summed E-state index contributed by atoms with van der Waals surface area (Å²) in [6.07, 6.45) is 8.07. The van der Waals surface area contributed by atoms with E-state index in [1.807, 2.05) is 11.9 Å². The Bertz CT molecular complexity index is 318. The molecule has 3 unspecified atom stereocenters. The predicted molar refractivity (Wildman–Crippen MR) is 80.5 cm³/mol. The second kappa shape index (κ2) is 7.41. The summed E-state index contributed by atoms with van der Waals surface area (Å²) < 4.78 is 0. The molecule has 4 heteroatoms. The Morgan fingerprint density at radius 2 is 2.00 bits per heavy atom. The predicted octanol–water partition coefficient (Wildman–Crippen LogP) is 1.87. The Labute approximate surface area is 123 Å². The molecule has 1 amide bonds. The Kier molecular flexibility index (Phi) is 5.85. The van der Waals surface area contributed by atoms with Crippen molar-refractivity contribution < 1.29 is 9.90 Å². The highest BCUT2D eigenvalue weighted by Crippen LogP contribution is 2.35. The number of amides is 1. The number of carbonyl (C=O) groups is 1. The van der Waals surface area contributed by atoms with Crippen LogP contribution in [-0.4, -0.2) is 59.6 Å². The van der Waals surface area contributed by atoms with E-state index < -0.39 is 0 Å². The number of aliphatic hydroxyl groups is 1. The van der Waals surface area contributed by atoms with Gasteiger partial charge in [0.05, 0.1) is 12.6 Å². The van der Waals surface area contributed by atoms with Gasteiger partial charge in [0.1, 0.15) is 0 Å². The van der Waals surface area contributed by atoms with Crippen molar-refractivity contribution in [2.45, 2.75) is 64.0 Å². The van der Waals surface area contributed by atoms with Crippen LogP contribution in [0.15, 0.2) is 0 Å². The van der Waals surface area contributed by atoms with E-state index in [0.717, 1.165) is 25.4 Å². The quantitative estimate of drug-likeness (QED) is 0.837. The molecule has 20 heavy (non-hydrogen) atoms. The summed E-state index contributed by atoms with van der Waals surface area (Å²) in [5.41, 5.74) is 0. The monoisotopic (exact) mass is 282 g/mol. The smallest absolute Gasteiger partial charge is 0.236 e. The zero-order valence-corrected chi connectivity index (χ0v) is 13.1. The molecule has 116 valence electrons. The average molecular weight is 282 g/mol.